The molecule has 2 rings (SSSR count). The van der Waals surface area contributed by atoms with Gasteiger partial charge in [0.25, 0.3) is 5.91 Å². The molecule has 0 aliphatic carbocycles. The molecule has 108 valence electrons. The number of nitrogens with one attached hydrogen (secondary N) is 1. The van der Waals surface area contributed by atoms with Crippen molar-refractivity contribution in [1.82, 2.24) is 4.57 Å². The zero-order chi connectivity index (χ0) is 15.2. The summed E-state index contributed by atoms with van der Waals surface area (Å²) >= 11 is 0. The van der Waals surface area contributed by atoms with E-state index in [0.717, 1.165) is 0 Å². The van der Waals surface area contributed by atoms with Crippen molar-refractivity contribution in [3.05, 3.63) is 53.6 Å². The minimum absolute atomic E-state index is 0.173. The molecule has 0 atom stereocenters. The van der Waals surface area contributed by atoms with Crippen LogP contribution in [0.5, 0.6) is 0 Å². The lowest BCUT2D eigenvalue weighted by Crippen LogP contribution is -2.16. The van der Waals surface area contributed by atoms with Crippen molar-refractivity contribution in [1.29, 1.82) is 0 Å². The lowest BCUT2D eigenvalue weighted by atomic mass is 10.2. The highest BCUT2D eigenvalue weighted by Gasteiger charge is 2.11. The fraction of sp³-hybridized carbons (Fsp3) is 0.188. The second kappa shape index (κ2) is 6.73. The number of hydrogen-bond donors (Lipinski definition) is 2. The second-order valence-electron chi connectivity index (χ2n) is 4.33. The lowest BCUT2D eigenvalue weighted by molar-refractivity contribution is 0.101. The van der Waals surface area contributed by atoms with Gasteiger partial charge in [0, 0.05) is 18.4 Å². The molecule has 0 unspecified atom stereocenters. The van der Waals surface area contributed by atoms with E-state index >= 15 is 0 Å². The zero-order valence-corrected chi connectivity index (χ0v) is 11.7. The van der Waals surface area contributed by atoms with Gasteiger partial charge in [0.15, 0.2) is 0 Å². The van der Waals surface area contributed by atoms with Gasteiger partial charge < -0.3 is 15.6 Å². The van der Waals surface area contributed by atoms with E-state index in [4.69, 9.17) is 5.73 Å². The topological polar surface area (TPSA) is 60.0 Å². The zero-order valence-electron chi connectivity index (χ0n) is 11.7. The van der Waals surface area contributed by atoms with E-state index in [1.54, 1.807) is 18.2 Å². The number of carbonyl (C=O) groups excluding carboxylic acids is 1. The molecule has 0 spiro atoms. The maximum atomic E-state index is 13.8. The quantitative estimate of drug-likeness (QED) is 0.849. The van der Waals surface area contributed by atoms with Crippen molar-refractivity contribution >= 4 is 11.6 Å². The minimum atomic E-state index is -0.486. The summed E-state index contributed by atoms with van der Waals surface area (Å²) in [5.41, 5.74) is 6.43. The largest absolute Gasteiger partial charge is 0.344 e. The summed E-state index contributed by atoms with van der Waals surface area (Å²) in [5.74, 6) is 4.46. The first-order valence-electron chi connectivity index (χ1n) is 6.60. The van der Waals surface area contributed by atoms with Gasteiger partial charge in [-0.15, -0.1) is 0 Å². The Kier molecular flexibility index (Phi) is 4.75. The molecule has 1 aromatic carbocycles. The molecular formula is C16H16FN3O. The first-order valence-corrected chi connectivity index (χ1v) is 6.60. The SMILES string of the molecule is CCn1cccc1C(=O)Nc1ccc(C#CCN)c(F)c1. The molecule has 0 saturated carbocycles. The first-order chi connectivity index (χ1) is 10.2. The molecule has 2 aromatic rings. The first kappa shape index (κ1) is 14.8. The van der Waals surface area contributed by atoms with Crippen molar-refractivity contribution < 1.29 is 9.18 Å². The van der Waals surface area contributed by atoms with Crippen LogP contribution < -0.4 is 11.1 Å². The highest BCUT2D eigenvalue weighted by atomic mass is 19.1. The van der Waals surface area contributed by atoms with E-state index < -0.39 is 5.82 Å². The monoisotopic (exact) mass is 285 g/mol. The molecule has 3 N–H and O–H groups in total. The standard InChI is InChI=1S/C16H16FN3O/c1-2-20-10-4-6-15(20)16(21)19-13-8-7-12(5-3-9-18)14(17)11-13/h4,6-8,10-11H,2,9,18H2,1H3,(H,19,21). The molecule has 0 aliphatic rings. The maximum Gasteiger partial charge on any atom is 0.272 e. The van der Waals surface area contributed by atoms with Gasteiger partial charge in [0.05, 0.1) is 12.1 Å². The van der Waals surface area contributed by atoms with Crippen molar-refractivity contribution in [3.63, 3.8) is 0 Å². The second-order valence-corrected chi connectivity index (χ2v) is 4.33. The number of benzene rings is 1. The van der Waals surface area contributed by atoms with Gasteiger partial charge in [-0.25, -0.2) is 4.39 Å². The summed E-state index contributed by atoms with van der Waals surface area (Å²) in [7, 11) is 0. The van der Waals surface area contributed by atoms with Gasteiger partial charge in [0.2, 0.25) is 0 Å². The lowest BCUT2D eigenvalue weighted by Gasteiger charge is -2.08. The van der Waals surface area contributed by atoms with Crippen molar-refractivity contribution in [3.8, 4) is 11.8 Å². The highest BCUT2D eigenvalue weighted by Crippen LogP contribution is 2.15. The van der Waals surface area contributed by atoms with Crippen molar-refractivity contribution in [2.24, 2.45) is 5.73 Å². The Morgan fingerprint density at radius 2 is 2.24 bits per heavy atom. The predicted molar refractivity (Wildman–Crippen MR) is 80.4 cm³/mol. The maximum absolute atomic E-state index is 13.8. The Bertz CT molecular complexity index is 710. The Labute approximate surface area is 122 Å². The third-order valence-electron chi connectivity index (χ3n) is 2.95. The number of amides is 1. The van der Waals surface area contributed by atoms with Crippen LogP contribution >= 0.6 is 0 Å². The molecule has 0 bridgehead atoms. The molecule has 1 heterocycles. The van der Waals surface area contributed by atoms with Crippen LogP contribution in [0, 0.1) is 17.7 Å². The molecule has 0 aliphatic heterocycles. The van der Waals surface area contributed by atoms with Crippen LogP contribution in [0.15, 0.2) is 36.5 Å². The Hall–Kier alpha value is -2.58. The molecule has 1 amide bonds. The van der Waals surface area contributed by atoms with Crippen LogP contribution in [0.2, 0.25) is 0 Å². The Morgan fingerprint density at radius 3 is 2.90 bits per heavy atom. The number of anilines is 1. The third kappa shape index (κ3) is 3.50. The highest BCUT2D eigenvalue weighted by molar-refractivity contribution is 6.03. The van der Waals surface area contributed by atoms with E-state index in [2.05, 4.69) is 17.2 Å². The van der Waals surface area contributed by atoms with Crippen LogP contribution in [0.4, 0.5) is 10.1 Å². The van der Waals surface area contributed by atoms with Crippen molar-refractivity contribution in [2.45, 2.75) is 13.5 Å². The number of halogens is 1. The van der Waals surface area contributed by atoms with E-state index in [1.165, 1.54) is 12.1 Å². The molecule has 0 radical (unpaired) electrons. The summed E-state index contributed by atoms with van der Waals surface area (Å²) in [4.78, 5) is 12.1. The Balaban J connectivity index is 2.17. The summed E-state index contributed by atoms with van der Waals surface area (Å²) in [6.45, 7) is 2.81. The van der Waals surface area contributed by atoms with Crippen LogP contribution in [-0.2, 0) is 6.54 Å². The van der Waals surface area contributed by atoms with Crippen molar-refractivity contribution in [2.75, 3.05) is 11.9 Å². The van der Waals surface area contributed by atoms with E-state index in [0.29, 0.717) is 17.9 Å². The average molecular weight is 285 g/mol. The van der Waals surface area contributed by atoms with Crippen LogP contribution in [0.25, 0.3) is 0 Å². The van der Waals surface area contributed by atoms with Gasteiger partial charge in [0.1, 0.15) is 11.5 Å². The summed E-state index contributed by atoms with van der Waals surface area (Å²) < 4.78 is 15.6. The number of nitrogens with two attached hydrogens (primary N) is 1. The predicted octanol–water partition coefficient (Wildman–Crippen LogP) is 2.21. The van der Waals surface area contributed by atoms with Gasteiger partial charge in [-0.1, -0.05) is 11.8 Å². The van der Waals surface area contributed by atoms with E-state index in [1.807, 2.05) is 17.7 Å². The number of aromatic nitrogens is 1. The summed E-state index contributed by atoms with van der Waals surface area (Å²) in [6, 6.07) is 7.89. The van der Waals surface area contributed by atoms with Crippen LogP contribution in [0.3, 0.4) is 0 Å². The summed E-state index contributed by atoms with van der Waals surface area (Å²) in [6.07, 6.45) is 1.82. The molecule has 5 heteroatoms. The van der Waals surface area contributed by atoms with Gasteiger partial charge >= 0.3 is 0 Å². The normalized spacial score (nSPS) is 9.86. The van der Waals surface area contributed by atoms with Crippen LogP contribution in [0.1, 0.15) is 23.0 Å². The average Bonchev–Trinajstić information content (AvgIpc) is 2.95. The van der Waals surface area contributed by atoms with Gasteiger partial charge in [-0.3, -0.25) is 4.79 Å². The van der Waals surface area contributed by atoms with E-state index in [-0.39, 0.29) is 18.0 Å². The smallest absolute Gasteiger partial charge is 0.272 e. The fourth-order valence-corrected chi connectivity index (χ4v) is 1.93. The number of hydrogen-bond acceptors (Lipinski definition) is 2. The number of carbonyl (C=O) groups is 1. The minimum Gasteiger partial charge on any atom is -0.344 e. The molecule has 1 aromatic heterocycles. The fourth-order valence-electron chi connectivity index (χ4n) is 1.93. The van der Waals surface area contributed by atoms with Gasteiger partial charge in [-0.05, 0) is 37.3 Å². The Morgan fingerprint density at radius 1 is 1.43 bits per heavy atom. The van der Waals surface area contributed by atoms with E-state index in [9.17, 15) is 9.18 Å². The third-order valence-corrected chi connectivity index (χ3v) is 2.95. The molecule has 0 saturated heterocycles. The molecule has 4 nitrogen and oxygen atoms in total. The van der Waals surface area contributed by atoms with Crippen LogP contribution in [-0.4, -0.2) is 17.0 Å². The molecule has 21 heavy (non-hydrogen) atoms. The summed E-state index contributed by atoms with van der Waals surface area (Å²) in [5, 5.41) is 2.67. The number of aryl methyl sites for hydroxylation is 1. The number of nitrogens with zero attached hydrogens (tertiary/aromatic N) is 1. The van der Waals surface area contributed by atoms with Gasteiger partial charge in [-0.2, -0.15) is 0 Å². The number of rotatable bonds is 3. The molecular weight excluding hydrogens is 269 g/mol. The molecule has 0 fully saturated rings.